The van der Waals surface area contributed by atoms with Crippen LogP contribution in [0.4, 0.5) is 16.4 Å². The topological polar surface area (TPSA) is 115 Å². The lowest BCUT2D eigenvalue weighted by Crippen LogP contribution is -2.47. The van der Waals surface area contributed by atoms with Crippen molar-refractivity contribution in [3.63, 3.8) is 0 Å². The van der Waals surface area contributed by atoms with Gasteiger partial charge in [0.1, 0.15) is 5.60 Å². The third-order valence-electron chi connectivity index (χ3n) is 6.31. The number of benzene rings is 2. The first-order chi connectivity index (χ1) is 18.7. The van der Waals surface area contributed by atoms with Gasteiger partial charge in [0.05, 0.1) is 16.3 Å². The smallest absolute Gasteiger partial charge is 0.410 e. The minimum absolute atomic E-state index is 0.00825. The number of carbonyl (C=O) groups excluding carboxylic acids is 1. The quantitative estimate of drug-likeness (QED) is 0.271. The van der Waals surface area contributed by atoms with Gasteiger partial charge in [0.25, 0.3) is 0 Å². The van der Waals surface area contributed by atoms with Gasteiger partial charge in [-0.25, -0.2) is 19.7 Å². The second-order valence-electron chi connectivity index (χ2n) is 10.5. The lowest BCUT2D eigenvalue weighted by Gasteiger charge is -2.34. The summed E-state index contributed by atoms with van der Waals surface area (Å²) in [5.74, 6) is 1.28. The second kappa shape index (κ2) is 10.9. The average molecular weight is 547 g/mol. The van der Waals surface area contributed by atoms with Crippen molar-refractivity contribution >= 4 is 40.1 Å². The van der Waals surface area contributed by atoms with Crippen LogP contribution in [0.25, 0.3) is 22.0 Å². The Bertz CT molecular complexity index is 1510. The number of carbonyl (C=O) groups is 1. The number of hydrogen-bond donors (Lipinski definition) is 2. The van der Waals surface area contributed by atoms with E-state index in [0.29, 0.717) is 52.6 Å². The van der Waals surface area contributed by atoms with Crippen molar-refractivity contribution in [2.45, 2.75) is 45.3 Å². The largest absolute Gasteiger partial charge is 0.444 e. The number of nitrogen functional groups attached to an aromatic ring is 1. The highest BCUT2D eigenvalue weighted by Crippen LogP contribution is 2.40. The number of halogens is 1. The number of hydrogen-bond acceptors (Lipinski definition) is 8. The van der Waals surface area contributed by atoms with Gasteiger partial charge in [-0.3, -0.25) is 0 Å². The fraction of sp³-hybridized carbons (Fsp3) is 0.310. The first-order valence-electron chi connectivity index (χ1n) is 12.9. The third kappa shape index (κ3) is 6.15. The number of anilines is 2. The van der Waals surface area contributed by atoms with Gasteiger partial charge in [-0.05, 0) is 63.9 Å². The van der Waals surface area contributed by atoms with E-state index in [2.05, 4.69) is 15.3 Å². The van der Waals surface area contributed by atoms with Crippen LogP contribution in [0, 0.1) is 0 Å². The predicted octanol–water partition coefficient (Wildman–Crippen LogP) is 6.53. The number of nitrogens with two attached hydrogens (primary N) is 1. The molecule has 4 aromatic rings. The fourth-order valence-corrected chi connectivity index (χ4v) is 4.75. The summed E-state index contributed by atoms with van der Waals surface area (Å²) in [6.07, 6.45) is 4.76. The van der Waals surface area contributed by atoms with Crippen molar-refractivity contribution in [3.8, 4) is 22.9 Å². The lowest BCUT2D eigenvalue weighted by molar-refractivity contribution is 0.0206. The maximum atomic E-state index is 12.6. The summed E-state index contributed by atoms with van der Waals surface area (Å²) in [6, 6.07) is 14.7. The molecule has 1 amide bonds. The number of amides is 1. The van der Waals surface area contributed by atoms with Gasteiger partial charge in [-0.2, -0.15) is 0 Å². The van der Waals surface area contributed by atoms with E-state index in [1.54, 1.807) is 29.4 Å². The number of likely N-dealkylation sites (tertiary alicyclic amines) is 1. The number of nitrogens with zero attached hydrogens (tertiary/aromatic N) is 4. The summed E-state index contributed by atoms with van der Waals surface area (Å²) in [4.78, 5) is 27.9. The van der Waals surface area contributed by atoms with E-state index < -0.39 is 5.60 Å². The van der Waals surface area contributed by atoms with Crippen LogP contribution in [0.1, 0.15) is 33.6 Å². The molecular formula is C29H31ClN6O3. The van der Waals surface area contributed by atoms with Crippen molar-refractivity contribution in [2.24, 2.45) is 0 Å². The summed E-state index contributed by atoms with van der Waals surface area (Å²) in [6.45, 7) is 6.76. The molecule has 1 aliphatic heterocycles. The molecule has 0 radical (unpaired) electrons. The van der Waals surface area contributed by atoms with Crippen LogP contribution in [0.5, 0.6) is 11.6 Å². The van der Waals surface area contributed by atoms with Crippen molar-refractivity contribution in [1.82, 2.24) is 19.9 Å². The average Bonchev–Trinajstić information content (AvgIpc) is 2.90. The molecule has 9 nitrogen and oxygen atoms in total. The van der Waals surface area contributed by atoms with Gasteiger partial charge in [0.2, 0.25) is 11.8 Å². The van der Waals surface area contributed by atoms with Crippen molar-refractivity contribution in [2.75, 3.05) is 24.1 Å². The molecule has 3 heterocycles. The van der Waals surface area contributed by atoms with Crippen LogP contribution in [-0.4, -0.2) is 50.7 Å². The Kier molecular flexibility index (Phi) is 7.43. The molecule has 0 spiro atoms. The molecule has 1 unspecified atom stereocenters. The van der Waals surface area contributed by atoms with E-state index in [1.807, 2.05) is 57.2 Å². The Morgan fingerprint density at radius 1 is 1.08 bits per heavy atom. The summed E-state index contributed by atoms with van der Waals surface area (Å²) < 4.78 is 11.8. The molecule has 1 aliphatic rings. The van der Waals surface area contributed by atoms with Crippen LogP contribution in [0.3, 0.4) is 0 Å². The molecule has 0 aliphatic carbocycles. The lowest BCUT2D eigenvalue weighted by atomic mass is 10.1. The van der Waals surface area contributed by atoms with Crippen LogP contribution in [0.2, 0.25) is 5.02 Å². The summed E-state index contributed by atoms with van der Waals surface area (Å²) >= 11 is 6.54. The second-order valence-corrected chi connectivity index (χ2v) is 10.9. The molecule has 2 aromatic carbocycles. The molecule has 0 bridgehead atoms. The molecule has 39 heavy (non-hydrogen) atoms. The van der Waals surface area contributed by atoms with Crippen molar-refractivity contribution in [3.05, 3.63) is 65.9 Å². The number of ether oxygens (including phenoxy) is 2. The van der Waals surface area contributed by atoms with Gasteiger partial charge in [0, 0.05) is 48.0 Å². The molecule has 202 valence electrons. The van der Waals surface area contributed by atoms with Gasteiger partial charge in [-0.15, -0.1) is 0 Å². The van der Waals surface area contributed by atoms with E-state index in [0.717, 1.165) is 23.6 Å². The molecule has 2 aromatic heterocycles. The molecule has 10 heteroatoms. The summed E-state index contributed by atoms with van der Waals surface area (Å²) in [5.41, 5.74) is 7.57. The van der Waals surface area contributed by atoms with Crippen LogP contribution in [0.15, 0.2) is 60.9 Å². The van der Waals surface area contributed by atoms with E-state index in [4.69, 9.17) is 31.8 Å². The zero-order chi connectivity index (χ0) is 27.6. The van der Waals surface area contributed by atoms with Crippen LogP contribution < -0.4 is 15.8 Å². The SMILES string of the molecule is CC(C)(C)OC(=O)N1CCCC(Nc2nccc(-c3cccnc3Oc3c(Cl)ccc4c(N)cccc34)n2)C1. The number of aromatic nitrogens is 3. The van der Waals surface area contributed by atoms with Gasteiger partial charge < -0.3 is 25.4 Å². The molecule has 5 rings (SSSR count). The maximum Gasteiger partial charge on any atom is 0.410 e. The zero-order valence-corrected chi connectivity index (χ0v) is 22.9. The van der Waals surface area contributed by atoms with Gasteiger partial charge >= 0.3 is 6.09 Å². The van der Waals surface area contributed by atoms with Crippen molar-refractivity contribution < 1.29 is 14.3 Å². The highest BCUT2D eigenvalue weighted by Gasteiger charge is 2.28. The Labute approximate surface area is 232 Å². The first kappa shape index (κ1) is 26.5. The highest BCUT2D eigenvalue weighted by atomic mass is 35.5. The molecular weight excluding hydrogens is 516 g/mol. The van der Waals surface area contributed by atoms with Gasteiger partial charge in [0.15, 0.2) is 5.75 Å². The monoisotopic (exact) mass is 546 g/mol. The standard InChI is InChI=1S/C29H31ClN6O3/c1-29(2,3)39-28(37)36-16-6-7-18(17-36)34-27-33-15-13-24(35-27)21-9-5-14-32-26(21)38-25-20-8-4-10-23(31)19(20)11-12-22(25)30/h4-5,8-15,18H,6-7,16-17,31H2,1-3H3,(H,33,34,35). The number of pyridine rings is 1. The Balaban J connectivity index is 1.38. The van der Waals surface area contributed by atoms with E-state index in [9.17, 15) is 4.79 Å². The minimum atomic E-state index is -0.540. The van der Waals surface area contributed by atoms with Gasteiger partial charge in [-0.1, -0.05) is 29.8 Å². The minimum Gasteiger partial charge on any atom is -0.444 e. The van der Waals surface area contributed by atoms with E-state index in [1.165, 1.54) is 0 Å². The fourth-order valence-electron chi connectivity index (χ4n) is 4.54. The molecule has 1 atom stereocenters. The molecule has 0 saturated carbocycles. The zero-order valence-electron chi connectivity index (χ0n) is 22.1. The highest BCUT2D eigenvalue weighted by molar-refractivity contribution is 6.33. The Hall–Kier alpha value is -4.11. The Morgan fingerprint density at radius 3 is 2.74 bits per heavy atom. The maximum absolute atomic E-state index is 12.6. The summed E-state index contributed by atoms with van der Waals surface area (Å²) in [5, 5.41) is 5.46. The molecule has 1 saturated heterocycles. The van der Waals surface area contributed by atoms with E-state index >= 15 is 0 Å². The summed E-state index contributed by atoms with van der Waals surface area (Å²) in [7, 11) is 0. The van der Waals surface area contributed by atoms with Crippen LogP contribution >= 0.6 is 11.6 Å². The van der Waals surface area contributed by atoms with E-state index in [-0.39, 0.29) is 12.1 Å². The van der Waals surface area contributed by atoms with Crippen molar-refractivity contribution in [1.29, 1.82) is 0 Å². The molecule has 1 fully saturated rings. The Morgan fingerprint density at radius 2 is 1.92 bits per heavy atom. The normalized spacial score (nSPS) is 15.7. The predicted molar refractivity (Wildman–Crippen MR) is 153 cm³/mol. The first-order valence-corrected chi connectivity index (χ1v) is 13.2. The number of fused-ring (bicyclic) bond motifs is 1. The number of rotatable bonds is 5. The number of nitrogens with one attached hydrogen (secondary N) is 1. The molecule has 3 N–H and O–H groups in total. The van der Waals surface area contributed by atoms with Crippen LogP contribution in [-0.2, 0) is 4.74 Å². The third-order valence-corrected chi connectivity index (χ3v) is 6.60. The number of piperidine rings is 1.